The van der Waals surface area contributed by atoms with Crippen molar-refractivity contribution in [1.82, 2.24) is 4.72 Å². The molecule has 0 heterocycles. The van der Waals surface area contributed by atoms with E-state index >= 15 is 0 Å². The number of hydrogen-bond acceptors (Lipinski definition) is 6. The van der Waals surface area contributed by atoms with Gasteiger partial charge in [0.15, 0.2) is 0 Å². The van der Waals surface area contributed by atoms with Crippen molar-refractivity contribution >= 4 is 21.7 Å². The molecule has 21 heavy (non-hydrogen) atoms. The lowest BCUT2D eigenvalue weighted by Crippen LogP contribution is -2.36. The molecule has 0 amide bonds. The molecule has 10 heteroatoms. The van der Waals surface area contributed by atoms with Gasteiger partial charge in [0.05, 0.1) is 17.6 Å². The number of nitrogens with two attached hydrogens (primary N) is 1. The van der Waals surface area contributed by atoms with E-state index in [9.17, 15) is 22.0 Å². The third-order valence-corrected chi connectivity index (χ3v) is 3.95. The van der Waals surface area contributed by atoms with Gasteiger partial charge in [-0.3, -0.25) is 0 Å². The molecule has 0 bridgehead atoms. The number of carbonyl (C=O) groups is 1. The smallest absolute Gasteiger partial charge is 0.339 e. The van der Waals surface area contributed by atoms with Crippen molar-refractivity contribution < 1.29 is 31.8 Å². The minimum absolute atomic E-state index is 0.127. The van der Waals surface area contributed by atoms with Crippen molar-refractivity contribution in [2.24, 2.45) is 0 Å². The lowest BCUT2D eigenvalue weighted by atomic mass is 10.2. The Labute approximate surface area is 119 Å². The zero-order valence-electron chi connectivity index (χ0n) is 10.9. The first-order valence-electron chi connectivity index (χ1n) is 5.62. The third kappa shape index (κ3) is 4.34. The SMILES string of the molecule is COC(=O)c1cc(N)ccc1S(=O)(=O)NCC(O)C(F)F. The third-order valence-electron chi connectivity index (χ3n) is 2.47. The van der Waals surface area contributed by atoms with Gasteiger partial charge in [-0.2, -0.15) is 0 Å². The molecule has 1 aromatic carbocycles. The van der Waals surface area contributed by atoms with Crippen LogP contribution in [-0.4, -0.2) is 45.7 Å². The van der Waals surface area contributed by atoms with Gasteiger partial charge in [0.2, 0.25) is 10.0 Å². The Hall–Kier alpha value is -1.78. The first-order valence-corrected chi connectivity index (χ1v) is 7.11. The van der Waals surface area contributed by atoms with Gasteiger partial charge in [-0.15, -0.1) is 0 Å². The summed E-state index contributed by atoms with van der Waals surface area (Å²) in [6.07, 6.45) is -5.26. The van der Waals surface area contributed by atoms with Gasteiger partial charge < -0.3 is 15.6 Å². The number of anilines is 1. The van der Waals surface area contributed by atoms with Gasteiger partial charge in [-0.1, -0.05) is 0 Å². The number of methoxy groups -OCH3 is 1. The predicted molar refractivity (Wildman–Crippen MR) is 69.4 cm³/mol. The first kappa shape index (κ1) is 17.3. The van der Waals surface area contributed by atoms with Crippen molar-refractivity contribution in [3.63, 3.8) is 0 Å². The highest BCUT2D eigenvalue weighted by molar-refractivity contribution is 7.89. The molecule has 118 valence electrons. The van der Waals surface area contributed by atoms with Crippen LogP contribution in [0.4, 0.5) is 14.5 Å². The molecule has 0 radical (unpaired) electrons. The summed E-state index contributed by atoms with van der Waals surface area (Å²) in [6.45, 7) is -0.898. The maximum atomic E-state index is 12.1. The summed E-state index contributed by atoms with van der Waals surface area (Å²) in [7, 11) is -3.24. The minimum Gasteiger partial charge on any atom is -0.465 e. The summed E-state index contributed by atoms with van der Waals surface area (Å²) in [6, 6.07) is 3.35. The Balaban J connectivity index is 3.11. The number of aliphatic hydroxyl groups excluding tert-OH is 1. The van der Waals surface area contributed by atoms with Crippen molar-refractivity contribution in [1.29, 1.82) is 0 Å². The number of rotatable bonds is 6. The van der Waals surface area contributed by atoms with E-state index in [2.05, 4.69) is 4.74 Å². The van der Waals surface area contributed by atoms with Crippen molar-refractivity contribution in [2.75, 3.05) is 19.4 Å². The van der Waals surface area contributed by atoms with Gasteiger partial charge in [-0.25, -0.2) is 26.7 Å². The van der Waals surface area contributed by atoms with Crippen LogP contribution in [0.5, 0.6) is 0 Å². The summed E-state index contributed by atoms with van der Waals surface area (Å²) >= 11 is 0. The van der Waals surface area contributed by atoms with Crippen LogP contribution in [0, 0.1) is 0 Å². The molecule has 7 nitrogen and oxygen atoms in total. The van der Waals surface area contributed by atoms with E-state index in [1.807, 2.05) is 0 Å². The van der Waals surface area contributed by atoms with Crippen LogP contribution in [0.15, 0.2) is 23.1 Å². The number of aliphatic hydroxyl groups is 1. The molecule has 0 aromatic heterocycles. The van der Waals surface area contributed by atoms with Gasteiger partial charge in [0.25, 0.3) is 6.43 Å². The van der Waals surface area contributed by atoms with Gasteiger partial charge in [0.1, 0.15) is 6.10 Å². The predicted octanol–water partition coefficient (Wildman–Crippen LogP) is -0.0403. The second-order valence-corrected chi connectivity index (χ2v) is 5.74. The number of nitrogens with one attached hydrogen (secondary N) is 1. The molecule has 0 aliphatic carbocycles. The largest absolute Gasteiger partial charge is 0.465 e. The summed E-state index contributed by atoms with van der Waals surface area (Å²) in [5.41, 5.74) is 5.25. The van der Waals surface area contributed by atoms with Crippen molar-refractivity contribution in [3.05, 3.63) is 23.8 Å². The Morgan fingerprint density at radius 1 is 1.48 bits per heavy atom. The van der Waals surface area contributed by atoms with Crippen LogP contribution in [0.2, 0.25) is 0 Å². The lowest BCUT2D eigenvalue weighted by molar-refractivity contribution is -0.000456. The zero-order valence-corrected chi connectivity index (χ0v) is 11.7. The van der Waals surface area contributed by atoms with Gasteiger partial charge >= 0.3 is 5.97 Å². The molecule has 0 spiro atoms. The second-order valence-electron chi connectivity index (χ2n) is 4.00. The number of hydrogen-bond donors (Lipinski definition) is 3. The van der Waals surface area contributed by atoms with Crippen molar-refractivity contribution in [2.45, 2.75) is 17.4 Å². The van der Waals surface area contributed by atoms with Crippen LogP contribution in [0.3, 0.4) is 0 Å². The molecule has 0 fully saturated rings. The highest BCUT2D eigenvalue weighted by Crippen LogP contribution is 2.20. The fourth-order valence-corrected chi connectivity index (χ4v) is 2.64. The average molecular weight is 324 g/mol. The maximum absolute atomic E-state index is 12.1. The van der Waals surface area contributed by atoms with Crippen LogP contribution in [0.25, 0.3) is 0 Å². The number of ether oxygens (including phenoxy) is 1. The molecule has 0 aliphatic rings. The van der Waals surface area contributed by atoms with Crippen molar-refractivity contribution in [3.8, 4) is 0 Å². The average Bonchev–Trinajstić information content (AvgIpc) is 2.43. The molecule has 0 saturated carbocycles. The van der Waals surface area contributed by atoms with Crippen LogP contribution < -0.4 is 10.5 Å². The van der Waals surface area contributed by atoms with E-state index < -0.39 is 40.0 Å². The Kier molecular flexibility index (Phi) is 5.58. The van der Waals surface area contributed by atoms with E-state index in [1.54, 1.807) is 4.72 Å². The monoisotopic (exact) mass is 324 g/mol. The van der Waals surface area contributed by atoms with Crippen LogP contribution in [-0.2, 0) is 14.8 Å². The first-order chi connectivity index (χ1) is 9.69. The summed E-state index contributed by atoms with van der Waals surface area (Å²) < 4.78 is 54.5. The molecule has 1 aromatic rings. The maximum Gasteiger partial charge on any atom is 0.339 e. The van der Waals surface area contributed by atoms with E-state index in [4.69, 9.17) is 10.8 Å². The van der Waals surface area contributed by atoms with Crippen LogP contribution in [0.1, 0.15) is 10.4 Å². The number of halogens is 2. The van der Waals surface area contributed by atoms with E-state index in [-0.39, 0.29) is 11.3 Å². The number of sulfonamides is 1. The Bertz CT molecular complexity index is 621. The van der Waals surface area contributed by atoms with Gasteiger partial charge in [0, 0.05) is 12.2 Å². The quantitative estimate of drug-likeness (QED) is 0.499. The fraction of sp³-hybridized carbons (Fsp3) is 0.364. The minimum atomic E-state index is -4.29. The highest BCUT2D eigenvalue weighted by atomic mass is 32.2. The molecule has 1 atom stereocenters. The molecule has 0 saturated heterocycles. The summed E-state index contributed by atoms with van der Waals surface area (Å²) in [5.74, 6) is -0.947. The number of nitrogen functional groups attached to an aromatic ring is 1. The molecule has 1 rings (SSSR count). The van der Waals surface area contributed by atoms with E-state index in [0.29, 0.717) is 0 Å². The second kappa shape index (κ2) is 6.78. The molecule has 0 aliphatic heterocycles. The van der Waals surface area contributed by atoms with Crippen LogP contribution >= 0.6 is 0 Å². The highest BCUT2D eigenvalue weighted by Gasteiger charge is 2.25. The van der Waals surface area contributed by atoms with Gasteiger partial charge in [-0.05, 0) is 18.2 Å². The fourth-order valence-electron chi connectivity index (χ4n) is 1.41. The molecule has 4 N–H and O–H groups in total. The Morgan fingerprint density at radius 3 is 2.62 bits per heavy atom. The number of benzene rings is 1. The molecular weight excluding hydrogens is 310 g/mol. The lowest BCUT2D eigenvalue weighted by Gasteiger charge is -2.13. The number of alkyl halides is 2. The number of esters is 1. The van der Waals surface area contributed by atoms with E-state index in [0.717, 1.165) is 19.2 Å². The molecule has 1 unspecified atom stereocenters. The van der Waals surface area contributed by atoms with E-state index in [1.165, 1.54) is 6.07 Å². The summed E-state index contributed by atoms with van der Waals surface area (Å²) in [5, 5.41) is 8.92. The standard InChI is InChI=1S/C11H14F2N2O5S/c1-20-11(17)7-4-6(14)2-3-9(7)21(18,19)15-5-8(16)10(12)13/h2-4,8,10,15-16H,5,14H2,1H3. The topological polar surface area (TPSA) is 119 Å². The normalized spacial score (nSPS) is 13.2. The Morgan fingerprint density at radius 2 is 2.10 bits per heavy atom. The summed E-state index contributed by atoms with van der Waals surface area (Å²) in [4.78, 5) is 11.1. The zero-order chi connectivity index (χ0) is 16.2. The molecular formula is C11H14F2N2O5S. The number of carbonyl (C=O) groups excluding carboxylic acids is 1.